The first-order valence-corrected chi connectivity index (χ1v) is 6.43. The van der Waals surface area contributed by atoms with Crippen LogP contribution in [0.2, 0.25) is 0 Å². The zero-order valence-electron chi connectivity index (χ0n) is 10.5. The van der Waals surface area contributed by atoms with Crippen LogP contribution in [-0.4, -0.2) is 4.92 Å². The molecule has 0 fully saturated rings. The fraction of sp³-hybridized carbons (Fsp3) is 0.0714. The lowest BCUT2D eigenvalue weighted by molar-refractivity contribution is -0.385. The van der Waals surface area contributed by atoms with Gasteiger partial charge < -0.3 is 4.74 Å². The Hall–Kier alpha value is -2.39. The summed E-state index contributed by atoms with van der Waals surface area (Å²) in [5, 5.41) is 20.1. The summed E-state index contributed by atoms with van der Waals surface area (Å²) in [6.45, 7) is 1.85. The standard InChI is InChI=1S/C14H9BrN2O3/c1-9-5-6-13(10(7-9)8-16)20-14-11(15)3-2-4-12(14)17(18)19/h2-7H,1H3. The summed E-state index contributed by atoms with van der Waals surface area (Å²) >= 11 is 3.22. The minimum atomic E-state index is -0.527. The number of ether oxygens (including phenoxy) is 1. The molecule has 100 valence electrons. The summed E-state index contributed by atoms with van der Waals surface area (Å²) in [6.07, 6.45) is 0. The van der Waals surface area contributed by atoms with E-state index in [0.717, 1.165) is 5.56 Å². The largest absolute Gasteiger partial charge is 0.448 e. The van der Waals surface area contributed by atoms with Gasteiger partial charge in [-0.3, -0.25) is 10.1 Å². The van der Waals surface area contributed by atoms with Crippen LogP contribution in [0.3, 0.4) is 0 Å². The van der Waals surface area contributed by atoms with E-state index < -0.39 is 4.92 Å². The van der Waals surface area contributed by atoms with Crippen LogP contribution in [0.4, 0.5) is 5.69 Å². The molecule has 2 rings (SSSR count). The van der Waals surface area contributed by atoms with Crippen molar-refractivity contribution in [3.63, 3.8) is 0 Å². The van der Waals surface area contributed by atoms with Gasteiger partial charge in [-0.25, -0.2) is 0 Å². The molecule has 0 heterocycles. The van der Waals surface area contributed by atoms with Crippen molar-refractivity contribution in [1.82, 2.24) is 0 Å². The van der Waals surface area contributed by atoms with Crippen molar-refractivity contribution in [2.24, 2.45) is 0 Å². The maximum Gasteiger partial charge on any atom is 0.312 e. The van der Waals surface area contributed by atoms with Crippen LogP contribution in [0.15, 0.2) is 40.9 Å². The molecule has 0 saturated heterocycles. The predicted molar refractivity (Wildman–Crippen MR) is 76.8 cm³/mol. The van der Waals surface area contributed by atoms with Crippen molar-refractivity contribution >= 4 is 21.6 Å². The molecular weight excluding hydrogens is 324 g/mol. The van der Waals surface area contributed by atoms with E-state index in [4.69, 9.17) is 10.00 Å². The zero-order valence-corrected chi connectivity index (χ0v) is 12.0. The minimum Gasteiger partial charge on any atom is -0.448 e. The predicted octanol–water partition coefficient (Wildman–Crippen LogP) is 4.33. The number of nitrogens with zero attached hydrogens (tertiary/aromatic N) is 2. The monoisotopic (exact) mass is 332 g/mol. The SMILES string of the molecule is Cc1ccc(Oc2c(Br)cccc2[N+](=O)[O-])c(C#N)c1. The molecule has 0 atom stereocenters. The summed E-state index contributed by atoms with van der Waals surface area (Å²) in [6, 6.07) is 11.6. The first-order chi connectivity index (χ1) is 9.52. The molecule has 20 heavy (non-hydrogen) atoms. The molecule has 0 spiro atoms. The highest BCUT2D eigenvalue weighted by Crippen LogP contribution is 2.38. The number of nitro groups is 1. The number of benzene rings is 2. The number of aryl methyl sites for hydroxylation is 1. The van der Waals surface area contributed by atoms with Gasteiger partial charge in [0.05, 0.1) is 15.0 Å². The average molecular weight is 333 g/mol. The molecule has 2 aromatic rings. The van der Waals surface area contributed by atoms with Gasteiger partial charge >= 0.3 is 5.69 Å². The van der Waals surface area contributed by atoms with Gasteiger partial charge in [0, 0.05) is 6.07 Å². The first kappa shape index (κ1) is 14.0. The topological polar surface area (TPSA) is 76.2 Å². The first-order valence-electron chi connectivity index (χ1n) is 5.64. The van der Waals surface area contributed by atoms with Gasteiger partial charge in [-0.15, -0.1) is 0 Å². The third-order valence-corrected chi connectivity index (χ3v) is 3.23. The van der Waals surface area contributed by atoms with Crippen molar-refractivity contribution in [2.75, 3.05) is 0 Å². The number of hydrogen-bond acceptors (Lipinski definition) is 4. The third kappa shape index (κ3) is 2.78. The molecule has 0 aliphatic heterocycles. The summed E-state index contributed by atoms with van der Waals surface area (Å²) < 4.78 is 6.02. The number of nitro benzene ring substituents is 1. The molecular formula is C14H9BrN2O3. The summed E-state index contributed by atoms with van der Waals surface area (Å²) in [5.41, 5.74) is 1.08. The van der Waals surface area contributed by atoms with E-state index in [1.807, 2.05) is 13.0 Å². The molecule has 0 aliphatic carbocycles. The number of halogens is 1. The lowest BCUT2D eigenvalue weighted by atomic mass is 10.1. The van der Waals surface area contributed by atoms with Crippen LogP contribution >= 0.6 is 15.9 Å². The molecule has 5 nitrogen and oxygen atoms in total. The van der Waals surface area contributed by atoms with Gasteiger partial charge in [0.1, 0.15) is 11.8 Å². The fourth-order valence-corrected chi connectivity index (χ4v) is 2.11. The Morgan fingerprint density at radius 2 is 2.10 bits per heavy atom. The van der Waals surface area contributed by atoms with E-state index in [1.165, 1.54) is 6.07 Å². The molecule has 0 radical (unpaired) electrons. The smallest absolute Gasteiger partial charge is 0.312 e. The highest BCUT2D eigenvalue weighted by atomic mass is 79.9. The molecule has 0 aliphatic rings. The van der Waals surface area contributed by atoms with E-state index in [2.05, 4.69) is 15.9 Å². The quantitative estimate of drug-likeness (QED) is 0.619. The third-order valence-electron chi connectivity index (χ3n) is 2.61. The average Bonchev–Trinajstić information content (AvgIpc) is 2.42. The molecule has 0 aromatic heterocycles. The van der Waals surface area contributed by atoms with Crippen LogP contribution in [-0.2, 0) is 0 Å². The van der Waals surface area contributed by atoms with Crippen LogP contribution < -0.4 is 4.74 Å². The van der Waals surface area contributed by atoms with Crippen molar-refractivity contribution in [3.8, 4) is 17.6 Å². The second-order valence-corrected chi connectivity index (χ2v) is 4.91. The maximum absolute atomic E-state index is 11.0. The highest BCUT2D eigenvalue weighted by molar-refractivity contribution is 9.10. The second kappa shape index (κ2) is 5.72. The molecule has 6 heteroatoms. The second-order valence-electron chi connectivity index (χ2n) is 4.06. The Morgan fingerprint density at radius 1 is 1.35 bits per heavy atom. The number of nitriles is 1. The highest BCUT2D eigenvalue weighted by Gasteiger charge is 2.19. The van der Waals surface area contributed by atoms with Gasteiger partial charge in [-0.2, -0.15) is 5.26 Å². The Morgan fingerprint density at radius 3 is 2.75 bits per heavy atom. The summed E-state index contributed by atoms with van der Waals surface area (Å²) in [7, 11) is 0. The Labute approximate surface area is 123 Å². The van der Waals surface area contributed by atoms with Gasteiger partial charge in [0.15, 0.2) is 0 Å². The van der Waals surface area contributed by atoms with Crippen molar-refractivity contribution < 1.29 is 9.66 Å². The van der Waals surface area contributed by atoms with Crippen LogP contribution in [0.5, 0.6) is 11.5 Å². The normalized spacial score (nSPS) is 9.85. The van der Waals surface area contributed by atoms with Crippen LogP contribution in [0.1, 0.15) is 11.1 Å². The van der Waals surface area contributed by atoms with Gasteiger partial charge in [0.25, 0.3) is 0 Å². The summed E-state index contributed by atoms with van der Waals surface area (Å²) in [4.78, 5) is 10.5. The minimum absolute atomic E-state index is 0.0813. The van der Waals surface area contributed by atoms with E-state index in [-0.39, 0.29) is 17.2 Å². The van der Waals surface area contributed by atoms with Gasteiger partial charge in [0.2, 0.25) is 5.75 Å². The number of rotatable bonds is 3. The lowest BCUT2D eigenvalue weighted by Gasteiger charge is -2.09. The zero-order chi connectivity index (χ0) is 14.7. The Kier molecular flexibility index (Phi) is 4.01. The fourth-order valence-electron chi connectivity index (χ4n) is 1.67. The van der Waals surface area contributed by atoms with Crippen LogP contribution in [0, 0.1) is 28.4 Å². The molecule has 0 bridgehead atoms. The van der Waals surface area contributed by atoms with E-state index >= 15 is 0 Å². The van der Waals surface area contributed by atoms with Crippen molar-refractivity contribution in [3.05, 3.63) is 62.1 Å². The molecule has 0 N–H and O–H groups in total. The Bertz CT molecular complexity index is 723. The van der Waals surface area contributed by atoms with Crippen molar-refractivity contribution in [2.45, 2.75) is 6.92 Å². The Balaban J connectivity index is 2.51. The van der Waals surface area contributed by atoms with Gasteiger partial charge in [-0.1, -0.05) is 12.1 Å². The molecule has 0 saturated carbocycles. The maximum atomic E-state index is 11.0. The van der Waals surface area contributed by atoms with E-state index in [9.17, 15) is 10.1 Å². The van der Waals surface area contributed by atoms with Gasteiger partial charge in [-0.05, 0) is 46.6 Å². The number of para-hydroxylation sites is 1. The van der Waals surface area contributed by atoms with E-state index in [1.54, 1.807) is 30.3 Å². The molecule has 2 aromatic carbocycles. The van der Waals surface area contributed by atoms with E-state index in [0.29, 0.717) is 10.0 Å². The van der Waals surface area contributed by atoms with Crippen molar-refractivity contribution in [1.29, 1.82) is 5.26 Å². The molecule has 0 unspecified atom stereocenters. The van der Waals surface area contributed by atoms with Crippen LogP contribution in [0.25, 0.3) is 0 Å². The number of hydrogen-bond donors (Lipinski definition) is 0. The molecule has 0 amide bonds. The summed E-state index contributed by atoms with van der Waals surface area (Å²) in [5.74, 6) is 0.367. The lowest BCUT2D eigenvalue weighted by Crippen LogP contribution is -1.96.